The number of hydrogen-bond donors (Lipinski definition) is 1. The van der Waals surface area contributed by atoms with E-state index in [1.807, 2.05) is 0 Å². The first kappa shape index (κ1) is 13.4. The number of nitrogens with one attached hydrogen (secondary N) is 1. The Morgan fingerprint density at radius 3 is 2.89 bits per heavy atom. The zero-order chi connectivity index (χ0) is 13.1. The molecule has 1 N–H and O–H groups in total. The van der Waals surface area contributed by atoms with Crippen LogP contribution in [0.15, 0.2) is 0 Å². The Morgan fingerprint density at radius 1 is 1.26 bits per heavy atom. The lowest BCUT2D eigenvalue weighted by Crippen LogP contribution is -2.54. The highest BCUT2D eigenvalue weighted by Gasteiger charge is 2.39. The van der Waals surface area contributed by atoms with Crippen LogP contribution in [0, 0.1) is 11.3 Å². The molecular weight excluding hydrogens is 240 g/mol. The van der Waals surface area contributed by atoms with Crippen molar-refractivity contribution in [1.29, 1.82) is 0 Å². The molecule has 0 aromatic rings. The van der Waals surface area contributed by atoms with E-state index < -0.39 is 0 Å². The third-order valence-electron chi connectivity index (χ3n) is 5.04. The van der Waals surface area contributed by atoms with Crippen molar-refractivity contribution in [3.8, 4) is 0 Å². The summed E-state index contributed by atoms with van der Waals surface area (Å²) in [6.07, 6.45) is 7.04. The van der Waals surface area contributed by atoms with Gasteiger partial charge in [0.15, 0.2) is 0 Å². The van der Waals surface area contributed by atoms with E-state index in [9.17, 15) is 4.79 Å². The van der Waals surface area contributed by atoms with Gasteiger partial charge in [-0.05, 0) is 45.1 Å². The molecule has 0 radical (unpaired) electrons. The van der Waals surface area contributed by atoms with Gasteiger partial charge in [-0.15, -0.1) is 0 Å². The molecule has 2 atom stereocenters. The number of nitrogens with zero attached hydrogens (tertiary/aromatic N) is 1. The van der Waals surface area contributed by atoms with Gasteiger partial charge in [0.1, 0.15) is 0 Å². The van der Waals surface area contributed by atoms with Crippen molar-refractivity contribution in [1.82, 2.24) is 10.2 Å². The summed E-state index contributed by atoms with van der Waals surface area (Å²) in [6, 6.07) is 0. The molecule has 3 saturated heterocycles. The van der Waals surface area contributed by atoms with Crippen LogP contribution in [-0.2, 0) is 9.53 Å². The number of hydrogen-bond acceptors (Lipinski definition) is 3. The van der Waals surface area contributed by atoms with Crippen LogP contribution in [0.4, 0.5) is 0 Å². The second-order valence-corrected chi connectivity index (χ2v) is 6.56. The molecule has 0 aromatic carbocycles. The van der Waals surface area contributed by atoms with E-state index in [0.717, 1.165) is 45.6 Å². The molecule has 3 fully saturated rings. The van der Waals surface area contributed by atoms with Crippen molar-refractivity contribution >= 4 is 5.91 Å². The lowest BCUT2D eigenvalue weighted by Gasteiger charge is -2.46. The minimum atomic E-state index is 0.125. The van der Waals surface area contributed by atoms with Crippen molar-refractivity contribution in [2.75, 3.05) is 39.4 Å². The fourth-order valence-corrected chi connectivity index (χ4v) is 3.97. The van der Waals surface area contributed by atoms with Crippen LogP contribution in [0.1, 0.15) is 38.5 Å². The number of piperidine rings is 2. The summed E-state index contributed by atoms with van der Waals surface area (Å²) >= 11 is 0. The maximum Gasteiger partial charge on any atom is 0.228 e. The van der Waals surface area contributed by atoms with Gasteiger partial charge < -0.3 is 15.0 Å². The summed E-state index contributed by atoms with van der Waals surface area (Å²) in [6.45, 7) is 5.63. The molecule has 19 heavy (non-hydrogen) atoms. The van der Waals surface area contributed by atoms with Gasteiger partial charge in [-0.2, -0.15) is 0 Å². The first-order chi connectivity index (χ1) is 9.29. The minimum Gasteiger partial charge on any atom is -0.381 e. The Kier molecular flexibility index (Phi) is 4.08. The summed E-state index contributed by atoms with van der Waals surface area (Å²) in [7, 11) is 0. The molecule has 1 amide bonds. The first-order valence-electron chi connectivity index (χ1n) is 7.86. The number of rotatable bonds is 1. The lowest BCUT2D eigenvalue weighted by atomic mass is 9.74. The van der Waals surface area contributed by atoms with Gasteiger partial charge in [0.05, 0.1) is 12.5 Å². The molecule has 0 aromatic heterocycles. The highest BCUT2D eigenvalue weighted by molar-refractivity contribution is 5.79. The van der Waals surface area contributed by atoms with Crippen LogP contribution < -0.4 is 5.32 Å². The molecule has 1 spiro atoms. The third kappa shape index (κ3) is 2.95. The van der Waals surface area contributed by atoms with E-state index in [2.05, 4.69) is 10.2 Å². The van der Waals surface area contributed by atoms with Gasteiger partial charge in [0, 0.05) is 31.7 Å². The highest BCUT2D eigenvalue weighted by atomic mass is 16.5. The van der Waals surface area contributed by atoms with Gasteiger partial charge >= 0.3 is 0 Å². The standard InChI is InChI=1S/C15H26N2O2/c18-14(13-4-1-9-19-10-13)17-8-3-6-15(12-17)5-2-7-16-11-15/h13,16H,1-12H2. The smallest absolute Gasteiger partial charge is 0.228 e. The van der Waals surface area contributed by atoms with Crippen LogP contribution in [-0.4, -0.2) is 50.2 Å². The van der Waals surface area contributed by atoms with Crippen molar-refractivity contribution < 1.29 is 9.53 Å². The zero-order valence-electron chi connectivity index (χ0n) is 11.8. The minimum absolute atomic E-state index is 0.125. The molecular formula is C15H26N2O2. The average Bonchev–Trinajstić information content (AvgIpc) is 2.48. The Hall–Kier alpha value is -0.610. The first-order valence-corrected chi connectivity index (χ1v) is 7.86. The second-order valence-electron chi connectivity index (χ2n) is 6.56. The topological polar surface area (TPSA) is 41.6 Å². The quantitative estimate of drug-likeness (QED) is 0.780. The number of carbonyl (C=O) groups is 1. The predicted molar refractivity (Wildman–Crippen MR) is 73.9 cm³/mol. The zero-order valence-corrected chi connectivity index (χ0v) is 11.8. The van der Waals surface area contributed by atoms with E-state index in [4.69, 9.17) is 4.74 Å². The summed E-state index contributed by atoms with van der Waals surface area (Å²) in [4.78, 5) is 14.7. The van der Waals surface area contributed by atoms with Crippen LogP contribution in [0.3, 0.4) is 0 Å². The molecule has 3 heterocycles. The number of amides is 1. The molecule has 0 saturated carbocycles. The largest absolute Gasteiger partial charge is 0.381 e. The Labute approximate surface area is 115 Å². The van der Waals surface area contributed by atoms with E-state index in [-0.39, 0.29) is 5.92 Å². The van der Waals surface area contributed by atoms with E-state index in [1.165, 1.54) is 25.7 Å². The summed E-state index contributed by atoms with van der Waals surface area (Å²) in [5, 5.41) is 3.52. The van der Waals surface area contributed by atoms with Crippen LogP contribution >= 0.6 is 0 Å². The van der Waals surface area contributed by atoms with Crippen LogP contribution in [0.2, 0.25) is 0 Å². The number of carbonyl (C=O) groups excluding carboxylic acids is 1. The maximum absolute atomic E-state index is 12.6. The highest BCUT2D eigenvalue weighted by Crippen LogP contribution is 2.36. The molecule has 3 aliphatic heterocycles. The van der Waals surface area contributed by atoms with E-state index >= 15 is 0 Å². The normalized spacial score (nSPS) is 36.4. The van der Waals surface area contributed by atoms with Gasteiger partial charge in [-0.1, -0.05) is 0 Å². The monoisotopic (exact) mass is 266 g/mol. The molecule has 4 heteroatoms. The predicted octanol–water partition coefficient (Wildman–Crippen LogP) is 1.41. The Morgan fingerprint density at radius 2 is 2.16 bits per heavy atom. The van der Waals surface area contributed by atoms with Crippen molar-refractivity contribution in [3.05, 3.63) is 0 Å². The van der Waals surface area contributed by atoms with E-state index in [1.54, 1.807) is 0 Å². The fourth-order valence-electron chi connectivity index (χ4n) is 3.97. The number of ether oxygens (including phenoxy) is 1. The maximum atomic E-state index is 12.6. The van der Waals surface area contributed by atoms with Gasteiger partial charge in [-0.3, -0.25) is 4.79 Å². The Balaban J connectivity index is 1.62. The van der Waals surface area contributed by atoms with Crippen LogP contribution in [0.5, 0.6) is 0 Å². The van der Waals surface area contributed by atoms with Crippen molar-refractivity contribution in [3.63, 3.8) is 0 Å². The van der Waals surface area contributed by atoms with Crippen molar-refractivity contribution in [2.45, 2.75) is 38.5 Å². The van der Waals surface area contributed by atoms with E-state index in [0.29, 0.717) is 17.9 Å². The lowest BCUT2D eigenvalue weighted by molar-refractivity contribution is -0.143. The molecule has 0 bridgehead atoms. The summed E-state index contributed by atoms with van der Waals surface area (Å²) in [5.74, 6) is 0.477. The molecule has 0 aliphatic carbocycles. The average molecular weight is 266 g/mol. The third-order valence-corrected chi connectivity index (χ3v) is 5.04. The summed E-state index contributed by atoms with van der Waals surface area (Å²) in [5.41, 5.74) is 0.363. The Bertz CT molecular complexity index is 315. The fraction of sp³-hybridized carbons (Fsp3) is 0.933. The second kappa shape index (κ2) is 5.80. The van der Waals surface area contributed by atoms with Crippen LogP contribution in [0.25, 0.3) is 0 Å². The van der Waals surface area contributed by atoms with Gasteiger partial charge in [0.2, 0.25) is 5.91 Å². The van der Waals surface area contributed by atoms with Gasteiger partial charge in [-0.25, -0.2) is 0 Å². The van der Waals surface area contributed by atoms with Crippen molar-refractivity contribution in [2.24, 2.45) is 11.3 Å². The molecule has 3 aliphatic rings. The number of likely N-dealkylation sites (tertiary alicyclic amines) is 1. The van der Waals surface area contributed by atoms with Gasteiger partial charge in [0.25, 0.3) is 0 Å². The molecule has 3 rings (SSSR count). The summed E-state index contributed by atoms with van der Waals surface area (Å²) < 4.78 is 5.47. The molecule has 4 nitrogen and oxygen atoms in total. The molecule has 108 valence electrons. The molecule has 2 unspecified atom stereocenters. The SMILES string of the molecule is O=C(C1CCCOC1)N1CCCC2(CCCNC2)C1.